The van der Waals surface area contributed by atoms with E-state index in [1.165, 1.54) is 0 Å². The summed E-state index contributed by atoms with van der Waals surface area (Å²) < 4.78 is 5.24. The van der Waals surface area contributed by atoms with Gasteiger partial charge in [0.2, 0.25) is 0 Å². The Kier molecular flexibility index (Phi) is 5.68. The number of ether oxygens (including phenoxy) is 1. The number of β-amino-alcohol motifs (C(OH)–C–C–N with tert-alkyl or cyclic N) is 1. The van der Waals surface area contributed by atoms with Crippen LogP contribution in [-0.2, 0) is 0 Å². The van der Waals surface area contributed by atoms with Crippen molar-refractivity contribution >= 4 is 5.69 Å². The maximum atomic E-state index is 9.70. The number of likely N-dealkylation sites (tertiary alicyclic amines) is 1. The topological polar surface area (TPSA) is 44.7 Å². The highest BCUT2D eigenvalue weighted by molar-refractivity contribution is 5.48. The van der Waals surface area contributed by atoms with Gasteiger partial charge < -0.3 is 20.1 Å². The lowest BCUT2D eigenvalue weighted by Gasteiger charge is -2.33. The number of aliphatic hydroxyl groups is 1. The molecule has 4 nitrogen and oxygen atoms in total. The highest BCUT2D eigenvalue weighted by atomic mass is 16.5. The van der Waals surface area contributed by atoms with Crippen molar-refractivity contribution in [3.63, 3.8) is 0 Å². The summed E-state index contributed by atoms with van der Waals surface area (Å²) in [7, 11) is 1.69. The van der Waals surface area contributed by atoms with E-state index in [0.29, 0.717) is 6.04 Å². The summed E-state index contributed by atoms with van der Waals surface area (Å²) in [6, 6.07) is 8.59. The van der Waals surface area contributed by atoms with Gasteiger partial charge in [0.25, 0.3) is 0 Å². The van der Waals surface area contributed by atoms with Crippen molar-refractivity contribution in [1.29, 1.82) is 0 Å². The molecule has 0 amide bonds. The first kappa shape index (κ1) is 15.1. The van der Waals surface area contributed by atoms with E-state index in [-0.39, 0.29) is 6.10 Å². The smallest absolute Gasteiger partial charge is 0.120 e. The molecule has 2 N–H and O–H groups in total. The molecule has 4 heteroatoms. The summed E-state index contributed by atoms with van der Waals surface area (Å²) in [5, 5.41) is 13.3. The van der Waals surface area contributed by atoms with Gasteiger partial charge in [-0.25, -0.2) is 0 Å². The van der Waals surface area contributed by atoms with Crippen molar-refractivity contribution in [1.82, 2.24) is 4.90 Å². The molecule has 0 radical (unpaired) electrons. The van der Waals surface area contributed by atoms with E-state index in [4.69, 9.17) is 4.74 Å². The van der Waals surface area contributed by atoms with Gasteiger partial charge in [-0.15, -0.1) is 0 Å². The molecule has 1 atom stereocenters. The molecule has 1 fully saturated rings. The first-order valence-corrected chi connectivity index (χ1v) is 7.52. The van der Waals surface area contributed by atoms with Crippen LogP contribution in [0.2, 0.25) is 0 Å². The number of aliphatic hydroxyl groups excluding tert-OH is 1. The third kappa shape index (κ3) is 4.39. The van der Waals surface area contributed by atoms with Crippen molar-refractivity contribution < 1.29 is 9.84 Å². The molecule has 0 saturated carbocycles. The van der Waals surface area contributed by atoms with Crippen molar-refractivity contribution in [3.8, 4) is 5.75 Å². The molecular weight excluding hydrogens is 252 g/mol. The third-order valence-electron chi connectivity index (χ3n) is 3.97. The number of benzene rings is 1. The lowest BCUT2D eigenvalue weighted by atomic mass is 10.0. The molecule has 0 unspecified atom stereocenters. The number of hydrogen-bond acceptors (Lipinski definition) is 4. The average Bonchev–Trinajstić information content (AvgIpc) is 2.49. The Bertz CT molecular complexity index is 403. The minimum atomic E-state index is -0.183. The van der Waals surface area contributed by atoms with Crippen LogP contribution < -0.4 is 10.1 Å². The lowest BCUT2D eigenvalue weighted by Crippen LogP contribution is -2.42. The number of nitrogens with one attached hydrogen (secondary N) is 1. The fraction of sp³-hybridized carbons (Fsp3) is 0.625. The zero-order valence-electron chi connectivity index (χ0n) is 12.5. The van der Waals surface area contributed by atoms with Crippen molar-refractivity contribution in [3.05, 3.63) is 24.3 Å². The molecule has 1 saturated heterocycles. The standard InChI is InChI=1S/C16H26N2O2/c1-3-15(19)12-18-9-7-13(8-10-18)17-14-5-4-6-16(11-14)20-2/h4-6,11,13,15,17,19H,3,7-10,12H2,1-2H3/t15-/m1/s1. The number of piperidine rings is 1. The summed E-state index contributed by atoms with van der Waals surface area (Å²) >= 11 is 0. The van der Waals surface area contributed by atoms with Crippen LogP contribution in [0.5, 0.6) is 5.75 Å². The normalized spacial score (nSPS) is 18.8. The summed E-state index contributed by atoms with van der Waals surface area (Å²) in [4.78, 5) is 2.36. The molecule has 1 aliphatic rings. The molecule has 1 aromatic carbocycles. The molecule has 0 aromatic heterocycles. The Balaban J connectivity index is 1.79. The Morgan fingerprint density at radius 2 is 2.15 bits per heavy atom. The van der Waals surface area contributed by atoms with E-state index >= 15 is 0 Å². The van der Waals surface area contributed by atoms with E-state index in [9.17, 15) is 5.11 Å². The zero-order chi connectivity index (χ0) is 14.4. The first-order valence-electron chi connectivity index (χ1n) is 7.52. The fourth-order valence-electron chi connectivity index (χ4n) is 2.64. The van der Waals surface area contributed by atoms with Crippen LogP contribution in [-0.4, -0.2) is 48.9 Å². The number of rotatable bonds is 6. The van der Waals surface area contributed by atoms with Gasteiger partial charge in [0, 0.05) is 37.4 Å². The molecule has 1 heterocycles. The molecule has 1 aliphatic heterocycles. The molecular formula is C16H26N2O2. The van der Waals surface area contributed by atoms with Crippen LogP contribution in [0.25, 0.3) is 0 Å². The Labute approximate surface area is 121 Å². The predicted molar refractivity (Wildman–Crippen MR) is 82.4 cm³/mol. The summed E-state index contributed by atoms with van der Waals surface area (Å²) in [6.45, 7) is 4.95. The summed E-state index contributed by atoms with van der Waals surface area (Å²) in [6.07, 6.45) is 2.89. The SMILES string of the molecule is CC[C@@H](O)CN1CCC(Nc2cccc(OC)c2)CC1. The highest BCUT2D eigenvalue weighted by Gasteiger charge is 2.20. The molecule has 0 aliphatic carbocycles. The van der Waals surface area contributed by atoms with Gasteiger partial charge >= 0.3 is 0 Å². The lowest BCUT2D eigenvalue weighted by molar-refractivity contribution is 0.0962. The van der Waals surface area contributed by atoms with Gasteiger partial charge in [-0.3, -0.25) is 0 Å². The van der Waals surface area contributed by atoms with Gasteiger partial charge in [0.1, 0.15) is 5.75 Å². The summed E-state index contributed by atoms with van der Waals surface area (Å²) in [5.41, 5.74) is 1.12. The molecule has 112 valence electrons. The van der Waals surface area contributed by atoms with E-state index in [1.807, 2.05) is 25.1 Å². The Morgan fingerprint density at radius 3 is 2.80 bits per heavy atom. The van der Waals surface area contributed by atoms with Gasteiger partial charge in [-0.1, -0.05) is 13.0 Å². The second-order valence-corrected chi connectivity index (χ2v) is 5.51. The van der Waals surface area contributed by atoms with Crippen LogP contribution in [0, 0.1) is 0 Å². The van der Waals surface area contributed by atoms with E-state index < -0.39 is 0 Å². The van der Waals surface area contributed by atoms with Gasteiger partial charge in [-0.05, 0) is 31.4 Å². The summed E-state index contributed by atoms with van der Waals surface area (Å²) in [5.74, 6) is 0.888. The zero-order valence-corrected chi connectivity index (χ0v) is 12.5. The maximum absolute atomic E-state index is 9.70. The van der Waals surface area contributed by atoms with Crippen LogP contribution in [0.4, 0.5) is 5.69 Å². The fourth-order valence-corrected chi connectivity index (χ4v) is 2.64. The number of methoxy groups -OCH3 is 1. The van der Waals surface area contributed by atoms with Crippen LogP contribution in [0.15, 0.2) is 24.3 Å². The monoisotopic (exact) mass is 278 g/mol. The highest BCUT2D eigenvalue weighted by Crippen LogP contribution is 2.21. The van der Waals surface area contributed by atoms with Crippen molar-refractivity contribution in [2.75, 3.05) is 32.1 Å². The number of hydrogen-bond donors (Lipinski definition) is 2. The second kappa shape index (κ2) is 7.50. The largest absolute Gasteiger partial charge is 0.497 e. The van der Waals surface area contributed by atoms with Gasteiger partial charge in [0.05, 0.1) is 13.2 Å². The van der Waals surface area contributed by atoms with Gasteiger partial charge in [-0.2, -0.15) is 0 Å². The minimum Gasteiger partial charge on any atom is -0.497 e. The maximum Gasteiger partial charge on any atom is 0.120 e. The van der Waals surface area contributed by atoms with Crippen LogP contribution in [0.3, 0.4) is 0 Å². The van der Waals surface area contributed by atoms with Crippen molar-refractivity contribution in [2.45, 2.75) is 38.3 Å². The van der Waals surface area contributed by atoms with E-state index in [1.54, 1.807) is 7.11 Å². The quantitative estimate of drug-likeness (QED) is 0.838. The third-order valence-corrected chi connectivity index (χ3v) is 3.97. The van der Waals surface area contributed by atoms with Crippen LogP contribution >= 0.6 is 0 Å². The number of anilines is 1. The molecule has 1 aromatic rings. The molecule has 0 spiro atoms. The van der Waals surface area contributed by atoms with Gasteiger partial charge in [0.15, 0.2) is 0 Å². The minimum absolute atomic E-state index is 0.183. The first-order chi connectivity index (χ1) is 9.71. The average molecular weight is 278 g/mol. The van der Waals surface area contributed by atoms with Crippen LogP contribution in [0.1, 0.15) is 26.2 Å². The van der Waals surface area contributed by atoms with Crippen molar-refractivity contribution in [2.24, 2.45) is 0 Å². The molecule has 20 heavy (non-hydrogen) atoms. The van der Waals surface area contributed by atoms with E-state index in [2.05, 4.69) is 16.3 Å². The molecule has 2 rings (SSSR count). The predicted octanol–water partition coefficient (Wildman–Crippen LogP) is 2.34. The second-order valence-electron chi connectivity index (χ2n) is 5.51. The Morgan fingerprint density at radius 1 is 1.40 bits per heavy atom. The Hall–Kier alpha value is -1.26. The van der Waals surface area contributed by atoms with E-state index in [0.717, 1.165) is 50.3 Å². The number of nitrogens with zero attached hydrogens (tertiary/aromatic N) is 1. The molecule has 0 bridgehead atoms.